The van der Waals surface area contributed by atoms with Gasteiger partial charge in [0.25, 0.3) is 0 Å². The monoisotopic (exact) mass is 330 g/mol. The van der Waals surface area contributed by atoms with Gasteiger partial charge in [0, 0.05) is 5.38 Å². The van der Waals surface area contributed by atoms with Crippen molar-refractivity contribution in [3.05, 3.63) is 29.5 Å². The average Bonchev–Trinajstić information content (AvgIpc) is 3.12. The maximum atomic E-state index is 11.5. The number of rotatable bonds is 6. The van der Waals surface area contributed by atoms with Crippen molar-refractivity contribution in [2.24, 2.45) is 5.73 Å². The van der Waals surface area contributed by atoms with E-state index in [2.05, 4.69) is 15.6 Å². The number of carbonyl (C=O) groups excluding carboxylic acids is 2. The predicted molar refractivity (Wildman–Crippen MR) is 81.0 cm³/mol. The van der Waals surface area contributed by atoms with Crippen molar-refractivity contribution in [3.8, 4) is 10.8 Å². The number of halogens is 1. The van der Waals surface area contributed by atoms with E-state index in [4.69, 9.17) is 10.2 Å². The zero-order chi connectivity index (χ0) is 14.4. The lowest BCUT2D eigenvalue weighted by molar-refractivity contribution is -0.125. The molecule has 21 heavy (non-hydrogen) atoms. The van der Waals surface area contributed by atoms with Gasteiger partial charge >= 0.3 is 0 Å². The van der Waals surface area contributed by atoms with Gasteiger partial charge in [0.2, 0.25) is 11.8 Å². The minimum Gasteiger partial charge on any atom is -0.462 e. The lowest BCUT2D eigenvalue weighted by Gasteiger charge is -2.04. The van der Waals surface area contributed by atoms with E-state index in [9.17, 15) is 9.59 Å². The van der Waals surface area contributed by atoms with Gasteiger partial charge in [-0.2, -0.15) is 0 Å². The highest BCUT2D eigenvalue weighted by molar-refractivity contribution is 7.13. The molecular formula is C12H15ClN4O3S. The molecule has 2 amide bonds. The predicted octanol–water partition coefficient (Wildman–Crippen LogP) is 0.516. The number of furan rings is 1. The molecule has 2 rings (SSSR count). The molecule has 0 spiro atoms. The van der Waals surface area contributed by atoms with Gasteiger partial charge in [-0.3, -0.25) is 9.59 Å². The van der Waals surface area contributed by atoms with Gasteiger partial charge in [-0.15, -0.1) is 23.7 Å². The fourth-order valence-corrected chi connectivity index (χ4v) is 2.19. The Morgan fingerprint density at radius 1 is 1.33 bits per heavy atom. The molecule has 0 fully saturated rings. The minimum atomic E-state index is -0.367. The first kappa shape index (κ1) is 17.2. The van der Waals surface area contributed by atoms with Crippen molar-refractivity contribution in [1.82, 2.24) is 15.6 Å². The summed E-state index contributed by atoms with van der Waals surface area (Å²) in [4.78, 5) is 26.7. The highest BCUT2D eigenvalue weighted by atomic mass is 35.5. The van der Waals surface area contributed by atoms with Crippen LogP contribution in [0.5, 0.6) is 0 Å². The van der Waals surface area contributed by atoms with E-state index in [0.29, 0.717) is 12.3 Å². The minimum absolute atomic E-state index is 0. The van der Waals surface area contributed by atoms with Gasteiger partial charge in [0.1, 0.15) is 0 Å². The Morgan fingerprint density at radius 2 is 2.14 bits per heavy atom. The van der Waals surface area contributed by atoms with E-state index in [1.54, 1.807) is 12.3 Å². The molecule has 0 saturated heterocycles. The fourth-order valence-electron chi connectivity index (χ4n) is 1.40. The third-order valence-corrected chi connectivity index (χ3v) is 3.29. The van der Waals surface area contributed by atoms with Crippen LogP contribution in [0.15, 0.2) is 28.2 Å². The standard InChI is InChI=1S/C12H14N4O3S.ClH/c13-4-10(17)15-6-11(18)14-5-8-7-20-12(16-8)9-2-1-3-19-9;/h1-3,7H,4-6,13H2,(H,14,18)(H,15,17);1H. The SMILES string of the molecule is Cl.NCC(=O)NCC(=O)NCc1csc(-c2ccco2)n1. The summed E-state index contributed by atoms with van der Waals surface area (Å²) in [5.41, 5.74) is 5.85. The summed E-state index contributed by atoms with van der Waals surface area (Å²) in [6.45, 7) is 0.0750. The molecule has 0 aliphatic heterocycles. The molecule has 7 nitrogen and oxygen atoms in total. The number of nitrogens with zero attached hydrogens (tertiary/aromatic N) is 1. The largest absolute Gasteiger partial charge is 0.462 e. The number of hydrogen-bond acceptors (Lipinski definition) is 6. The van der Waals surface area contributed by atoms with Crippen molar-refractivity contribution in [2.45, 2.75) is 6.54 Å². The van der Waals surface area contributed by atoms with E-state index >= 15 is 0 Å². The Bertz CT molecular complexity index is 585. The summed E-state index contributed by atoms with van der Waals surface area (Å²) in [6.07, 6.45) is 1.58. The third kappa shape index (κ3) is 5.18. The Hall–Kier alpha value is -1.90. The second kappa shape index (κ2) is 8.40. The first-order valence-corrected chi connectivity index (χ1v) is 6.78. The lowest BCUT2D eigenvalue weighted by Crippen LogP contribution is -2.39. The molecule has 0 aliphatic rings. The van der Waals surface area contributed by atoms with E-state index in [0.717, 1.165) is 10.7 Å². The Morgan fingerprint density at radius 3 is 2.81 bits per heavy atom. The molecule has 9 heteroatoms. The molecule has 4 N–H and O–H groups in total. The number of aromatic nitrogens is 1. The summed E-state index contributed by atoms with van der Waals surface area (Å²) in [6, 6.07) is 3.61. The van der Waals surface area contributed by atoms with Gasteiger partial charge in [-0.05, 0) is 12.1 Å². The second-order valence-electron chi connectivity index (χ2n) is 3.88. The highest BCUT2D eigenvalue weighted by Gasteiger charge is 2.08. The quantitative estimate of drug-likeness (QED) is 0.715. The number of thiazole rings is 1. The molecule has 0 aliphatic carbocycles. The van der Waals surface area contributed by atoms with Gasteiger partial charge < -0.3 is 20.8 Å². The van der Waals surface area contributed by atoms with Gasteiger partial charge in [-0.25, -0.2) is 4.98 Å². The molecule has 0 aromatic carbocycles. The number of nitrogens with two attached hydrogens (primary N) is 1. The third-order valence-electron chi connectivity index (χ3n) is 2.38. The van der Waals surface area contributed by atoms with Crippen LogP contribution in [0.4, 0.5) is 0 Å². The van der Waals surface area contributed by atoms with Crippen LogP contribution >= 0.6 is 23.7 Å². The first-order valence-electron chi connectivity index (χ1n) is 5.91. The number of carbonyl (C=O) groups is 2. The Balaban J connectivity index is 0.00000220. The van der Waals surface area contributed by atoms with Crippen LogP contribution in [-0.4, -0.2) is 29.9 Å². The maximum Gasteiger partial charge on any atom is 0.239 e. The van der Waals surface area contributed by atoms with Crippen LogP contribution < -0.4 is 16.4 Å². The smallest absolute Gasteiger partial charge is 0.239 e. The van der Waals surface area contributed by atoms with Crippen molar-refractivity contribution in [1.29, 1.82) is 0 Å². The summed E-state index contributed by atoms with van der Waals surface area (Å²) < 4.78 is 5.24. The molecule has 2 aromatic rings. The van der Waals surface area contributed by atoms with Crippen LogP contribution in [0.1, 0.15) is 5.69 Å². The topological polar surface area (TPSA) is 110 Å². The average molecular weight is 331 g/mol. The normalized spacial score (nSPS) is 9.76. The Labute approximate surface area is 131 Å². The second-order valence-corrected chi connectivity index (χ2v) is 4.74. The first-order chi connectivity index (χ1) is 9.69. The number of nitrogens with one attached hydrogen (secondary N) is 2. The van der Waals surface area contributed by atoms with Crippen LogP contribution in [0.3, 0.4) is 0 Å². The van der Waals surface area contributed by atoms with Crippen LogP contribution in [0, 0.1) is 0 Å². The van der Waals surface area contributed by atoms with Crippen molar-refractivity contribution in [2.75, 3.05) is 13.1 Å². The molecule has 0 unspecified atom stereocenters. The molecule has 0 bridgehead atoms. The molecule has 0 atom stereocenters. The zero-order valence-electron chi connectivity index (χ0n) is 11.0. The van der Waals surface area contributed by atoms with Gasteiger partial charge in [0.05, 0.1) is 31.6 Å². The lowest BCUT2D eigenvalue weighted by atomic mass is 10.4. The molecule has 2 aromatic heterocycles. The molecule has 0 radical (unpaired) electrons. The van der Waals surface area contributed by atoms with Crippen molar-refractivity contribution < 1.29 is 14.0 Å². The summed E-state index contributed by atoms with van der Waals surface area (Å²) in [5.74, 6) is 0.0380. The number of hydrogen-bond donors (Lipinski definition) is 3. The summed E-state index contributed by atoms with van der Waals surface area (Å²) in [5, 5.41) is 7.65. The van der Waals surface area contributed by atoms with Crippen molar-refractivity contribution in [3.63, 3.8) is 0 Å². The van der Waals surface area contributed by atoms with Gasteiger partial charge in [-0.1, -0.05) is 0 Å². The molecule has 0 saturated carbocycles. The van der Waals surface area contributed by atoms with E-state index in [-0.39, 0.29) is 37.3 Å². The van der Waals surface area contributed by atoms with Gasteiger partial charge in [0.15, 0.2) is 10.8 Å². The van der Waals surface area contributed by atoms with Crippen molar-refractivity contribution >= 4 is 35.6 Å². The van der Waals surface area contributed by atoms with E-state index < -0.39 is 0 Å². The van der Waals surface area contributed by atoms with Crippen LogP contribution in [0.2, 0.25) is 0 Å². The Kier molecular flexibility index (Phi) is 6.86. The van der Waals surface area contributed by atoms with E-state index in [1.165, 1.54) is 11.3 Å². The summed E-state index contributed by atoms with van der Waals surface area (Å²) >= 11 is 1.44. The highest BCUT2D eigenvalue weighted by Crippen LogP contribution is 2.23. The van der Waals surface area contributed by atoms with E-state index in [1.807, 2.05) is 11.4 Å². The molecule has 2 heterocycles. The van der Waals surface area contributed by atoms with Crippen LogP contribution in [-0.2, 0) is 16.1 Å². The molecule has 114 valence electrons. The fraction of sp³-hybridized carbons (Fsp3) is 0.250. The van der Waals surface area contributed by atoms with Crippen LogP contribution in [0.25, 0.3) is 10.8 Å². The molecular weight excluding hydrogens is 316 g/mol. The summed E-state index contributed by atoms with van der Waals surface area (Å²) in [7, 11) is 0. The zero-order valence-corrected chi connectivity index (χ0v) is 12.6. The number of amides is 2. The maximum absolute atomic E-state index is 11.5.